The Morgan fingerprint density at radius 3 is 2.67 bits per heavy atom. The van der Waals surface area contributed by atoms with Gasteiger partial charge in [-0.05, 0) is 19.2 Å². The van der Waals surface area contributed by atoms with E-state index in [0.717, 1.165) is 43.4 Å². The van der Waals surface area contributed by atoms with Crippen LogP contribution in [0, 0.1) is 0 Å². The summed E-state index contributed by atoms with van der Waals surface area (Å²) >= 11 is 0. The van der Waals surface area contributed by atoms with Crippen molar-refractivity contribution < 1.29 is 9.59 Å². The lowest BCUT2D eigenvalue weighted by atomic mass is 10.1. The van der Waals surface area contributed by atoms with Gasteiger partial charge in [0.05, 0.1) is 0 Å². The van der Waals surface area contributed by atoms with Gasteiger partial charge in [0.1, 0.15) is 6.54 Å². The van der Waals surface area contributed by atoms with E-state index < -0.39 is 0 Å². The topological polar surface area (TPSA) is 45.5 Å². The molecule has 1 fully saturated rings. The standard InChI is InChI=1S/C16H19N3O2/c1-17-7-9-18(10-8-17)16(21)11-19-6-5-14-13(12-20)3-2-4-15(14)19/h2-6,12H,7-11H2,1H3. The Hall–Kier alpha value is -2.14. The summed E-state index contributed by atoms with van der Waals surface area (Å²) in [5.74, 6) is 0.136. The summed E-state index contributed by atoms with van der Waals surface area (Å²) < 4.78 is 1.92. The minimum absolute atomic E-state index is 0.136. The maximum absolute atomic E-state index is 12.4. The van der Waals surface area contributed by atoms with Crippen LogP contribution in [0.25, 0.3) is 10.9 Å². The SMILES string of the molecule is CN1CCN(C(=O)Cn2ccc3c(C=O)cccc32)CC1. The average Bonchev–Trinajstić information content (AvgIpc) is 2.91. The van der Waals surface area contributed by atoms with Gasteiger partial charge in [-0.3, -0.25) is 9.59 Å². The minimum atomic E-state index is 0.136. The highest BCUT2D eigenvalue weighted by Crippen LogP contribution is 2.19. The van der Waals surface area contributed by atoms with Crippen LogP contribution < -0.4 is 0 Å². The fourth-order valence-corrected chi connectivity index (χ4v) is 2.79. The van der Waals surface area contributed by atoms with E-state index in [2.05, 4.69) is 11.9 Å². The highest BCUT2D eigenvalue weighted by molar-refractivity contribution is 5.97. The third-order valence-corrected chi connectivity index (χ3v) is 4.14. The van der Waals surface area contributed by atoms with Crippen molar-refractivity contribution in [1.82, 2.24) is 14.4 Å². The molecule has 0 bridgehead atoms. The van der Waals surface area contributed by atoms with Gasteiger partial charge < -0.3 is 14.4 Å². The Morgan fingerprint density at radius 1 is 1.19 bits per heavy atom. The highest BCUT2D eigenvalue weighted by atomic mass is 16.2. The van der Waals surface area contributed by atoms with Gasteiger partial charge in [0.15, 0.2) is 6.29 Å². The van der Waals surface area contributed by atoms with Crippen LogP contribution in [-0.4, -0.2) is 59.8 Å². The molecule has 0 N–H and O–H groups in total. The van der Waals surface area contributed by atoms with E-state index in [-0.39, 0.29) is 5.91 Å². The zero-order valence-corrected chi connectivity index (χ0v) is 12.2. The van der Waals surface area contributed by atoms with E-state index in [1.807, 2.05) is 33.9 Å². The van der Waals surface area contributed by atoms with Gasteiger partial charge in [0.2, 0.25) is 5.91 Å². The maximum atomic E-state index is 12.4. The van der Waals surface area contributed by atoms with Gasteiger partial charge >= 0.3 is 0 Å². The van der Waals surface area contributed by atoms with Crippen molar-refractivity contribution in [3.05, 3.63) is 36.0 Å². The fraction of sp³-hybridized carbons (Fsp3) is 0.375. The Labute approximate surface area is 123 Å². The Kier molecular flexibility index (Phi) is 3.75. The van der Waals surface area contributed by atoms with Crippen LogP contribution in [0.5, 0.6) is 0 Å². The van der Waals surface area contributed by atoms with E-state index in [4.69, 9.17) is 0 Å². The average molecular weight is 285 g/mol. The van der Waals surface area contributed by atoms with Gasteiger partial charge in [0.25, 0.3) is 0 Å². The first kappa shape index (κ1) is 13.8. The summed E-state index contributed by atoms with van der Waals surface area (Å²) in [6.07, 6.45) is 2.74. The second-order valence-electron chi connectivity index (χ2n) is 5.53. The molecule has 110 valence electrons. The third-order valence-electron chi connectivity index (χ3n) is 4.14. The van der Waals surface area contributed by atoms with E-state index >= 15 is 0 Å². The normalized spacial score (nSPS) is 16.3. The predicted octanol–water partition coefficient (Wildman–Crippen LogP) is 1.23. The molecule has 1 aromatic heterocycles. The first-order valence-corrected chi connectivity index (χ1v) is 7.18. The van der Waals surface area contributed by atoms with Crippen molar-refractivity contribution in [3.8, 4) is 0 Å². The number of carbonyl (C=O) groups is 2. The van der Waals surface area contributed by atoms with Crippen molar-refractivity contribution in [2.24, 2.45) is 0 Å². The number of nitrogens with zero attached hydrogens (tertiary/aromatic N) is 3. The van der Waals surface area contributed by atoms with Gasteiger partial charge in [0, 0.05) is 48.8 Å². The number of piperazine rings is 1. The molecule has 1 amide bonds. The molecule has 2 aromatic rings. The van der Waals surface area contributed by atoms with Crippen molar-refractivity contribution in [2.75, 3.05) is 33.2 Å². The molecule has 1 aromatic carbocycles. The van der Waals surface area contributed by atoms with Crippen LogP contribution in [0.15, 0.2) is 30.5 Å². The molecule has 0 unspecified atom stereocenters. The molecule has 0 radical (unpaired) electrons. The molecule has 1 saturated heterocycles. The summed E-state index contributed by atoms with van der Waals surface area (Å²) in [6, 6.07) is 7.49. The van der Waals surface area contributed by atoms with Crippen LogP contribution >= 0.6 is 0 Å². The number of benzene rings is 1. The minimum Gasteiger partial charge on any atom is -0.339 e. The molecule has 0 atom stereocenters. The molecule has 21 heavy (non-hydrogen) atoms. The highest BCUT2D eigenvalue weighted by Gasteiger charge is 2.19. The Balaban J connectivity index is 1.79. The molecule has 0 aliphatic carbocycles. The lowest BCUT2D eigenvalue weighted by Crippen LogP contribution is -2.48. The summed E-state index contributed by atoms with van der Waals surface area (Å²) in [5.41, 5.74) is 1.60. The summed E-state index contributed by atoms with van der Waals surface area (Å²) in [7, 11) is 2.07. The quantitative estimate of drug-likeness (QED) is 0.797. The van der Waals surface area contributed by atoms with Gasteiger partial charge in [-0.25, -0.2) is 0 Å². The van der Waals surface area contributed by atoms with Gasteiger partial charge in [-0.15, -0.1) is 0 Å². The molecular formula is C16H19N3O2. The molecule has 5 heteroatoms. The Bertz CT molecular complexity index is 669. The number of amides is 1. The summed E-state index contributed by atoms with van der Waals surface area (Å²) in [5, 5.41) is 0.902. The number of fused-ring (bicyclic) bond motifs is 1. The van der Waals surface area contributed by atoms with Crippen LogP contribution in [0.3, 0.4) is 0 Å². The number of hydrogen-bond donors (Lipinski definition) is 0. The van der Waals surface area contributed by atoms with Crippen molar-refractivity contribution >= 4 is 23.1 Å². The maximum Gasteiger partial charge on any atom is 0.242 e. The summed E-state index contributed by atoms with van der Waals surface area (Å²) in [4.78, 5) is 27.6. The van der Waals surface area contributed by atoms with Crippen LogP contribution in [0.4, 0.5) is 0 Å². The van der Waals surface area contributed by atoms with E-state index in [1.165, 1.54) is 0 Å². The van der Waals surface area contributed by atoms with Crippen molar-refractivity contribution in [3.63, 3.8) is 0 Å². The smallest absolute Gasteiger partial charge is 0.242 e. The van der Waals surface area contributed by atoms with Crippen molar-refractivity contribution in [1.29, 1.82) is 0 Å². The number of hydrogen-bond acceptors (Lipinski definition) is 3. The lowest BCUT2D eigenvalue weighted by molar-refractivity contribution is -0.133. The molecular weight excluding hydrogens is 266 g/mol. The number of carbonyl (C=O) groups excluding carboxylic acids is 2. The molecule has 3 rings (SSSR count). The van der Waals surface area contributed by atoms with Gasteiger partial charge in [-0.1, -0.05) is 12.1 Å². The monoisotopic (exact) mass is 285 g/mol. The molecule has 5 nitrogen and oxygen atoms in total. The lowest BCUT2D eigenvalue weighted by Gasteiger charge is -2.32. The van der Waals surface area contributed by atoms with E-state index in [1.54, 1.807) is 6.07 Å². The molecule has 0 saturated carbocycles. The Morgan fingerprint density at radius 2 is 1.95 bits per heavy atom. The third kappa shape index (κ3) is 2.69. The molecule has 1 aliphatic heterocycles. The molecule has 2 heterocycles. The van der Waals surface area contributed by atoms with E-state index in [9.17, 15) is 9.59 Å². The van der Waals surface area contributed by atoms with Gasteiger partial charge in [-0.2, -0.15) is 0 Å². The van der Waals surface area contributed by atoms with Crippen LogP contribution in [-0.2, 0) is 11.3 Å². The zero-order valence-electron chi connectivity index (χ0n) is 12.2. The van der Waals surface area contributed by atoms with Crippen molar-refractivity contribution in [2.45, 2.75) is 6.54 Å². The second-order valence-corrected chi connectivity index (χ2v) is 5.53. The second kappa shape index (κ2) is 5.69. The number of aromatic nitrogens is 1. The fourth-order valence-electron chi connectivity index (χ4n) is 2.79. The predicted molar refractivity (Wildman–Crippen MR) is 81.4 cm³/mol. The largest absolute Gasteiger partial charge is 0.339 e. The first-order valence-electron chi connectivity index (χ1n) is 7.18. The van der Waals surface area contributed by atoms with Crippen LogP contribution in [0.2, 0.25) is 0 Å². The summed E-state index contributed by atoms with van der Waals surface area (Å²) in [6.45, 7) is 3.75. The molecule has 0 spiro atoms. The first-order chi connectivity index (χ1) is 10.2. The number of aldehydes is 1. The number of rotatable bonds is 3. The molecule has 1 aliphatic rings. The number of likely N-dealkylation sites (N-methyl/N-ethyl adjacent to an activating group) is 1. The van der Waals surface area contributed by atoms with E-state index in [0.29, 0.717) is 12.1 Å². The van der Waals surface area contributed by atoms with Crippen LogP contribution in [0.1, 0.15) is 10.4 Å². The zero-order chi connectivity index (χ0) is 14.8.